The number of aromatic nitrogens is 4. The topological polar surface area (TPSA) is 94.4 Å². The standard InChI is InChI=1S/C24H32N6O3/c1-5-33-22(31)24(2,3)16-30-11-7-17-15-26-21(14-19(17)30)27-20-6-10-25-23(28-20)29-12-8-18(32-4)9-13-29/h6-7,10-11,14-15,18H,5,8-9,12-13,16H2,1-4H3,(H,25,26,27,28). The van der Waals surface area contributed by atoms with E-state index in [0.29, 0.717) is 36.8 Å². The Morgan fingerprint density at radius 2 is 2.00 bits per heavy atom. The summed E-state index contributed by atoms with van der Waals surface area (Å²) in [7, 11) is 1.76. The van der Waals surface area contributed by atoms with Gasteiger partial charge < -0.3 is 24.3 Å². The Kier molecular flexibility index (Phi) is 6.78. The maximum Gasteiger partial charge on any atom is 0.313 e. The van der Waals surface area contributed by atoms with Crippen LogP contribution < -0.4 is 10.2 Å². The number of hydrogen-bond donors (Lipinski definition) is 1. The molecule has 0 bridgehead atoms. The molecule has 3 aromatic heterocycles. The fourth-order valence-electron chi connectivity index (χ4n) is 4.10. The fourth-order valence-corrected chi connectivity index (χ4v) is 4.10. The second-order valence-electron chi connectivity index (χ2n) is 8.97. The summed E-state index contributed by atoms with van der Waals surface area (Å²) in [6.07, 6.45) is 7.80. The van der Waals surface area contributed by atoms with Gasteiger partial charge in [-0.3, -0.25) is 4.79 Å². The van der Waals surface area contributed by atoms with Crippen LogP contribution in [0.25, 0.3) is 10.9 Å². The van der Waals surface area contributed by atoms with E-state index in [1.54, 1.807) is 13.3 Å². The van der Waals surface area contributed by atoms with Crippen LogP contribution in [0, 0.1) is 5.41 Å². The van der Waals surface area contributed by atoms with Crippen LogP contribution in [0.2, 0.25) is 0 Å². The molecule has 1 saturated heterocycles. The smallest absolute Gasteiger partial charge is 0.313 e. The van der Waals surface area contributed by atoms with Crippen molar-refractivity contribution in [2.45, 2.75) is 46.3 Å². The number of carbonyl (C=O) groups is 1. The largest absolute Gasteiger partial charge is 0.466 e. The van der Waals surface area contributed by atoms with Crippen LogP contribution in [0.1, 0.15) is 33.6 Å². The van der Waals surface area contributed by atoms with Crippen LogP contribution in [0.5, 0.6) is 0 Å². The molecule has 0 radical (unpaired) electrons. The van der Waals surface area contributed by atoms with E-state index < -0.39 is 5.41 Å². The van der Waals surface area contributed by atoms with Gasteiger partial charge in [0.2, 0.25) is 5.95 Å². The van der Waals surface area contributed by atoms with Crippen molar-refractivity contribution in [2.75, 3.05) is 37.0 Å². The van der Waals surface area contributed by atoms with Crippen LogP contribution >= 0.6 is 0 Å². The van der Waals surface area contributed by atoms with Gasteiger partial charge in [-0.1, -0.05) is 0 Å². The molecule has 0 saturated carbocycles. The molecule has 0 aromatic carbocycles. The lowest BCUT2D eigenvalue weighted by atomic mass is 9.93. The van der Waals surface area contributed by atoms with Gasteiger partial charge in [0.15, 0.2) is 0 Å². The number of fused-ring (bicyclic) bond motifs is 1. The number of anilines is 3. The number of carbonyl (C=O) groups excluding carboxylic acids is 1. The van der Waals surface area contributed by atoms with Gasteiger partial charge in [0.1, 0.15) is 11.6 Å². The summed E-state index contributed by atoms with van der Waals surface area (Å²) in [5.41, 5.74) is 0.345. The summed E-state index contributed by atoms with van der Waals surface area (Å²) in [6, 6.07) is 5.81. The Bertz CT molecular complexity index is 1100. The average Bonchev–Trinajstić information content (AvgIpc) is 3.21. The molecule has 176 valence electrons. The number of rotatable bonds is 8. The van der Waals surface area contributed by atoms with Gasteiger partial charge in [-0.25, -0.2) is 9.97 Å². The monoisotopic (exact) mass is 452 g/mol. The van der Waals surface area contributed by atoms with Gasteiger partial charge in [0, 0.05) is 56.8 Å². The number of ether oxygens (including phenoxy) is 2. The molecule has 0 amide bonds. The van der Waals surface area contributed by atoms with E-state index >= 15 is 0 Å². The lowest BCUT2D eigenvalue weighted by Gasteiger charge is -2.31. The third-order valence-corrected chi connectivity index (χ3v) is 6.01. The molecule has 0 spiro atoms. The summed E-state index contributed by atoms with van der Waals surface area (Å²) in [5, 5.41) is 4.30. The van der Waals surface area contributed by atoms with Crippen molar-refractivity contribution < 1.29 is 14.3 Å². The molecular weight excluding hydrogens is 420 g/mol. The Hall–Kier alpha value is -3.20. The van der Waals surface area contributed by atoms with E-state index in [1.165, 1.54) is 0 Å². The normalized spacial score (nSPS) is 15.1. The van der Waals surface area contributed by atoms with Crippen molar-refractivity contribution in [3.63, 3.8) is 0 Å². The SMILES string of the molecule is CCOC(=O)C(C)(C)Cn1ccc2cnc(Nc3ccnc(N4CCC(OC)CC4)n3)cc21. The molecule has 4 rings (SSSR count). The number of methoxy groups -OCH3 is 1. The lowest BCUT2D eigenvalue weighted by Crippen LogP contribution is -2.37. The number of nitrogens with one attached hydrogen (secondary N) is 1. The van der Waals surface area contributed by atoms with E-state index in [4.69, 9.17) is 14.5 Å². The minimum absolute atomic E-state index is 0.206. The molecule has 0 atom stereocenters. The highest BCUT2D eigenvalue weighted by Gasteiger charge is 2.30. The molecule has 9 heteroatoms. The second-order valence-corrected chi connectivity index (χ2v) is 8.97. The Balaban J connectivity index is 1.51. The number of esters is 1. The Morgan fingerprint density at radius 1 is 1.21 bits per heavy atom. The zero-order chi connectivity index (χ0) is 23.4. The summed E-state index contributed by atoms with van der Waals surface area (Å²) < 4.78 is 12.8. The zero-order valence-electron chi connectivity index (χ0n) is 19.7. The van der Waals surface area contributed by atoms with Gasteiger partial charge in [-0.2, -0.15) is 4.98 Å². The van der Waals surface area contributed by atoms with Crippen molar-refractivity contribution in [3.05, 3.63) is 36.8 Å². The predicted molar refractivity (Wildman–Crippen MR) is 128 cm³/mol. The zero-order valence-corrected chi connectivity index (χ0v) is 19.7. The third kappa shape index (κ3) is 5.24. The predicted octanol–water partition coefficient (Wildman–Crippen LogP) is 3.77. The van der Waals surface area contributed by atoms with Crippen molar-refractivity contribution in [2.24, 2.45) is 5.41 Å². The van der Waals surface area contributed by atoms with Crippen molar-refractivity contribution in [1.29, 1.82) is 0 Å². The minimum Gasteiger partial charge on any atom is -0.466 e. The quantitative estimate of drug-likeness (QED) is 0.516. The van der Waals surface area contributed by atoms with Gasteiger partial charge >= 0.3 is 5.97 Å². The minimum atomic E-state index is -0.642. The molecule has 3 aromatic rings. The van der Waals surface area contributed by atoms with Crippen LogP contribution in [-0.4, -0.2) is 58.4 Å². The molecule has 4 heterocycles. The molecular formula is C24H32N6O3. The maximum absolute atomic E-state index is 12.3. The summed E-state index contributed by atoms with van der Waals surface area (Å²) in [5.74, 6) is 1.86. The third-order valence-electron chi connectivity index (χ3n) is 6.01. The first-order valence-electron chi connectivity index (χ1n) is 11.4. The molecule has 1 aliphatic heterocycles. The maximum atomic E-state index is 12.3. The van der Waals surface area contributed by atoms with Crippen LogP contribution in [0.4, 0.5) is 17.6 Å². The van der Waals surface area contributed by atoms with E-state index in [1.807, 2.05) is 51.4 Å². The van der Waals surface area contributed by atoms with Crippen molar-refractivity contribution in [1.82, 2.24) is 19.5 Å². The highest BCUT2D eigenvalue weighted by Crippen LogP contribution is 2.26. The number of pyridine rings is 1. The second kappa shape index (κ2) is 9.74. The number of hydrogen-bond acceptors (Lipinski definition) is 8. The van der Waals surface area contributed by atoms with E-state index in [0.717, 1.165) is 36.8 Å². The lowest BCUT2D eigenvalue weighted by molar-refractivity contribution is -0.154. The first-order chi connectivity index (χ1) is 15.9. The summed E-state index contributed by atoms with van der Waals surface area (Å²) in [4.78, 5) is 28.2. The van der Waals surface area contributed by atoms with Gasteiger partial charge in [0.25, 0.3) is 0 Å². The molecule has 0 aliphatic carbocycles. The number of nitrogens with zero attached hydrogens (tertiary/aromatic N) is 5. The van der Waals surface area contributed by atoms with E-state index in [9.17, 15) is 4.79 Å². The van der Waals surface area contributed by atoms with E-state index in [2.05, 4.69) is 24.8 Å². The molecule has 1 aliphatic rings. The molecule has 0 unspecified atom stereocenters. The molecule has 9 nitrogen and oxygen atoms in total. The van der Waals surface area contributed by atoms with Crippen LogP contribution in [0.3, 0.4) is 0 Å². The number of piperidine rings is 1. The average molecular weight is 453 g/mol. The van der Waals surface area contributed by atoms with Crippen molar-refractivity contribution >= 4 is 34.5 Å². The van der Waals surface area contributed by atoms with E-state index in [-0.39, 0.29) is 5.97 Å². The van der Waals surface area contributed by atoms with Gasteiger partial charge in [0.05, 0.1) is 23.6 Å². The van der Waals surface area contributed by atoms with Gasteiger partial charge in [-0.15, -0.1) is 0 Å². The van der Waals surface area contributed by atoms with Gasteiger partial charge in [-0.05, 0) is 45.7 Å². The molecule has 1 N–H and O–H groups in total. The molecule has 1 fully saturated rings. The first kappa shape index (κ1) is 23.0. The Morgan fingerprint density at radius 3 is 2.73 bits per heavy atom. The highest BCUT2D eigenvalue weighted by atomic mass is 16.5. The highest BCUT2D eigenvalue weighted by molar-refractivity contribution is 5.83. The summed E-state index contributed by atoms with van der Waals surface area (Å²) in [6.45, 7) is 8.24. The summed E-state index contributed by atoms with van der Waals surface area (Å²) >= 11 is 0. The van der Waals surface area contributed by atoms with Crippen LogP contribution in [-0.2, 0) is 20.8 Å². The van der Waals surface area contributed by atoms with Crippen LogP contribution in [0.15, 0.2) is 36.8 Å². The molecule has 33 heavy (non-hydrogen) atoms. The fraction of sp³-hybridized carbons (Fsp3) is 0.500. The van der Waals surface area contributed by atoms with Crippen molar-refractivity contribution in [3.8, 4) is 0 Å². The Labute approximate surface area is 194 Å². The first-order valence-corrected chi connectivity index (χ1v) is 11.4.